The van der Waals surface area contributed by atoms with Crippen molar-refractivity contribution in [3.63, 3.8) is 0 Å². The number of carbonyl (C=O) groups is 1. The normalized spacial score (nSPS) is 10.2. The van der Waals surface area contributed by atoms with E-state index in [-0.39, 0.29) is 6.42 Å². The van der Waals surface area contributed by atoms with Crippen molar-refractivity contribution < 1.29 is 14.0 Å². The summed E-state index contributed by atoms with van der Waals surface area (Å²) in [5.41, 5.74) is -2.13. The molecule has 0 saturated carbocycles. The van der Waals surface area contributed by atoms with Gasteiger partial charge in [0.25, 0.3) is 5.56 Å². The van der Waals surface area contributed by atoms with Crippen molar-refractivity contribution in [1.82, 2.24) is 9.71 Å². The Morgan fingerprint density at radius 1 is 1.47 bits per heavy atom. The molecule has 6 nitrogen and oxygen atoms in total. The molecular formula is C10H13FN2O4. The van der Waals surface area contributed by atoms with Crippen LogP contribution < -0.4 is 16.1 Å². The van der Waals surface area contributed by atoms with Gasteiger partial charge in [-0.05, 0) is 6.42 Å². The highest BCUT2D eigenvalue weighted by atomic mass is 19.1. The minimum Gasteiger partial charge on any atom is -0.332 e. The number of aromatic amines is 1. The second-order valence-electron chi connectivity index (χ2n) is 3.48. The largest absolute Gasteiger partial charge is 0.362 e. The summed E-state index contributed by atoms with van der Waals surface area (Å²) in [6.07, 6.45) is 3.13. The third-order valence-corrected chi connectivity index (χ3v) is 2.05. The Morgan fingerprint density at radius 3 is 2.82 bits per heavy atom. The number of aromatic nitrogens is 2. The maximum Gasteiger partial charge on any atom is 0.362 e. The number of nitrogens with zero attached hydrogens (tertiary/aromatic N) is 1. The zero-order valence-electron chi connectivity index (χ0n) is 9.36. The monoisotopic (exact) mass is 244 g/mol. The van der Waals surface area contributed by atoms with Gasteiger partial charge in [-0.2, -0.15) is 4.39 Å². The average molecular weight is 244 g/mol. The van der Waals surface area contributed by atoms with Gasteiger partial charge in [-0.3, -0.25) is 9.78 Å². The molecule has 1 aromatic heterocycles. The molecule has 0 saturated heterocycles. The number of halogens is 1. The topological polar surface area (TPSA) is 81.2 Å². The fourth-order valence-electron chi connectivity index (χ4n) is 1.17. The quantitative estimate of drug-likeness (QED) is 0.751. The van der Waals surface area contributed by atoms with Crippen molar-refractivity contribution in [3.05, 3.63) is 32.9 Å². The van der Waals surface area contributed by atoms with E-state index in [4.69, 9.17) is 0 Å². The van der Waals surface area contributed by atoms with E-state index in [0.717, 1.165) is 12.8 Å². The molecule has 1 rings (SSSR count). The highest BCUT2D eigenvalue weighted by molar-refractivity contribution is 5.69. The fourth-order valence-corrected chi connectivity index (χ4v) is 1.17. The van der Waals surface area contributed by atoms with Crippen LogP contribution in [0.1, 0.15) is 32.6 Å². The molecule has 1 aromatic rings. The summed E-state index contributed by atoms with van der Waals surface area (Å²) >= 11 is 0. The molecule has 7 heteroatoms. The van der Waals surface area contributed by atoms with Crippen molar-refractivity contribution in [2.45, 2.75) is 32.6 Å². The Bertz CT molecular complexity index is 506. The lowest BCUT2D eigenvalue weighted by Crippen LogP contribution is -2.37. The van der Waals surface area contributed by atoms with Crippen LogP contribution in [-0.2, 0) is 4.79 Å². The molecule has 0 aliphatic heterocycles. The molecule has 0 spiro atoms. The van der Waals surface area contributed by atoms with Gasteiger partial charge in [0.15, 0.2) is 0 Å². The van der Waals surface area contributed by atoms with Crippen LogP contribution in [0.15, 0.2) is 15.8 Å². The van der Waals surface area contributed by atoms with Crippen molar-refractivity contribution in [3.8, 4) is 0 Å². The van der Waals surface area contributed by atoms with E-state index in [2.05, 4.69) is 4.84 Å². The number of H-pyrrole nitrogens is 1. The summed E-state index contributed by atoms with van der Waals surface area (Å²) in [4.78, 5) is 39.3. The second-order valence-corrected chi connectivity index (χ2v) is 3.48. The zero-order chi connectivity index (χ0) is 12.8. The van der Waals surface area contributed by atoms with Crippen LogP contribution in [-0.4, -0.2) is 15.7 Å². The number of rotatable bonds is 5. The van der Waals surface area contributed by atoms with Crippen LogP contribution in [0.25, 0.3) is 0 Å². The summed E-state index contributed by atoms with van der Waals surface area (Å²) in [6, 6.07) is 0. The molecule has 94 valence electrons. The van der Waals surface area contributed by atoms with Gasteiger partial charge in [-0.1, -0.05) is 19.8 Å². The van der Waals surface area contributed by atoms with E-state index >= 15 is 0 Å². The highest BCUT2D eigenvalue weighted by Gasteiger charge is 2.08. The van der Waals surface area contributed by atoms with Crippen LogP contribution in [0.2, 0.25) is 0 Å². The van der Waals surface area contributed by atoms with E-state index in [1.165, 1.54) is 0 Å². The Hall–Kier alpha value is -1.92. The Kier molecular flexibility index (Phi) is 4.62. The molecule has 1 N–H and O–H groups in total. The number of nitrogens with one attached hydrogen (secondary N) is 1. The molecule has 0 unspecified atom stereocenters. The number of hydrogen-bond donors (Lipinski definition) is 1. The summed E-state index contributed by atoms with van der Waals surface area (Å²) in [5, 5.41) is 0. The van der Waals surface area contributed by atoms with Crippen molar-refractivity contribution in [1.29, 1.82) is 0 Å². The van der Waals surface area contributed by atoms with Gasteiger partial charge < -0.3 is 4.84 Å². The third kappa shape index (κ3) is 3.86. The van der Waals surface area contributed by atoms with Crippen molar-refractivity contribution in [2.24, 2.45) is 0 Å². The first kappa shape index (κ1) is 13.1. The number of carbonyl (C=O) groups excluding carboxylic acids is 1. The summed E-state index contributed by atoms with van der Waals surface area (Å²) < 4.78 is 13.2. The molecule has 0 bridgehead atoms. The lowest BCUT2D eigenvalue weighted by Gasteiger charge is -2.04. The molecule has 17 heavy (non-hydrogen) atoms. The van der Waals surface area contributed by atoms with Crippen LogP contribution in [0.3, 0.4) is 0 Å². The Morgan fingerprint density at radius 2 is 2.18 bits per heavy atom. The maximum absolute atomic E-state index is 12.8. The van der Waals surface area contributed by atoms with E-state index in [1.807, 2.05) is 6.92 Å². The molecule has 1 heterocycles. The van der Waals surface area contributed by atoms with Crippen LogP contribution >= 0.6 is 0 Å². The first-order valence-corrected chi connectivity index (χ1v) is 5.27. The predicted octanol–water partition coefficient (Wildman–Crippen LogP) is 0.211. The molecule has 0 amide bonds. The summed E-state index contributed by atoms with van der Waals surface area (Å²) in [7, 11) is 0. The fraction of sp³-hybridized carbons (Fsp3) is 0.500. The average Bonchev–Trinajstić information content (AvgIpc) is 2.26. The smallest absolute Gasteiger partial charge is 0.332 e. The van der Waals surface area contributed by atoms with Gasteiger partial charge in [0, 0.05) is 6.42 Å². The minimum atomic E-state index is -1.19. The molecule has 0 aliphatic rings. The van der Waals surface area contributed by atoms with Crippen molar-refractivity contribution in [2.75, 3.05) is 0 Å². The Balaban J connectivity index is 2.69. The maximum atomic E-state index is 12.8. The first-order chi connectivity index (χ1) is 8.04. The molecule has 0 aromatic carbocycles. The van der Waals surface area contributed by atoms with Gasteiger partial charge in [0.1, 0.15) is 0 Å². The van der Waals surface area contributed by atoms with Gasteiger partial charge in [-0.15, -0.1) is 4.73 Å². The van der Waals surface area contributed by atoms with E-state index in [1.54, 1.807) is 4.98 Å². The van der Waals surface area contributed by atoms with E-state index in [0.29, 0.717) is 17.3 Å². The van der Waals surface area contributed by atoms with E-state index < -0.39 is 23.0 Å². The molecule has 0 fully saturated rings. The van der Waals surface area contributed by atoms with Crippen LogP contribution in [0, 0.1) is 5.82 Å². The molecule has 0 radical (unpaired) electrons. The minimum absolute atomic E-state index is 0.140. The molecule has 0 atom stereocenters. The SMILES string of the molecule is CCCCCC(=O)On1cc(F)c(=O)[nH]c1=O. The van der Waals surface area contributed by atoms with Crippen LogP contribution in [0.5, 0.6) is 0 Å². The summed E-state index contributed by atoms with van der Waals surface area (Å²) in [6.45, 7) is 1.98. The number of unbranched alkanes of at least 4 members (excludes halogenated alkanes) is 2. The molecule has 0 aliphatic carbocycles. The lowest BCUT2D eigenvalue weighted by atomic mass is 10.2. The van der Waals surface area contributed by atoms with Gasteiger partial charge in [0.2, 0.25) is 5.82 Å². The Labute approximate surface area is 96.0 Å². The van der Waals surface area contributed by atoms with Crippen molar-refractivity contribution >= 4 is 5.97 Å². The third-order valence-electron chi connectivity index (χ3n) is 2.05. The first-order valence-electron chi connectivity index (χ1n) is 5.27. The van der Waals surface area contributed by atoms with Crippen LogP contribution in [0.4, 0.5) is 4.39 Å². The van der Waals surface area contributed by atoms with E-state index in [9.17, 15) is 18.8 Å². The second kappa shape index (κ2) is 5.97. The van der Waals surface area contributed by atoms with Gasteiger partial charge in [-0.25, -0.2) is 9.59 Å². The molecular weight excluding hydrogens is 231 g/mol. The van der Waals surface area contributed by atoms with Gasteiger partial charge >= 0.3 is 11.7 Å². The number of hydrogen-bond acceptors (Lipinski definition) is 4. The lowest BCUT2D eigenvalue weighted by molar-refractivity contribution is -0.145. The highest BCUT2D eigenvalue weighted by Crippen LogP contribution is 1.98. The summed E-state index contributed by atoms with van der Waals surface area (Å²) in [5.74, 6) is -1.84. The predicted molar refractivity (Wildman–Crippen MR) is 57.0 cm³/mol. The van der Waals surface area contributed by atoms with Gasteiger partial charge in [0.05, 0.1) is 6.20 Å². The standard InChI is InChI=1S/C10H13FN2O4/c1-2-3-4-5-8(14)17-13-6-7(11)9(15)12-10(13)16/h6H,2-5H2,1H3,(H,12,15,16). The zero-order valence-corrected chi connectivity index (χ0v) is 9.36.